The lowest BCUT2D eigenvalue weighted by atomic mass is 10.1. The minimum atomic E-state index is 0.0459. The van der Waals surface area contributed by atoms with E-state index in [0.717, 1.165) is 41.2 Å². The van der Waals surface area contributed by atoms with Crippen LogP contribution in [0.4, 0.5) is 11.5 Å². The molecule has 3 heterocycles. The molecule has 0 atom stereocenters. The second-order valence-corrected chi connectivity index (χ2v) is 7.37. The lowest BCUT2D eigenvalue weighted by Gasteiger charge is -2.36. The third-order valence-corrected chi connectivity index (χ3v) is 5.17. The second-order valence-electron chi connectivity index (χ2n) is 7.37. The Morgan fingerprint density at radius 2 is 1.82 bits per heavy atom. The third-order valence-electron chi connectivity index (χ3n) is 5.17. The molecule has 1 amide bonds. The fraction of sp³-hybridized carbons (Fsp3) is 0.400. The van der Waals surface area contributed by atoms with Crippen molar-refractivity contribution >= 4 is 28.3 Å². The van der Waals surface area contributed by atoms with Gasteiger partial charge in [-0.3, -0.25) is 9.48 Å². The Morgan fingerprint density at radius 3 is 2.46 bits per heavy atom. The van der Waals surface area contributed by atoms with Crippen LogP contribution in [0.15, 0.2) is 30.6 Å². The summed E-state index contributed by atoms with van der Waals surface area (Å²) in [6.45, 7) is 4.86. The lowest BCUT2D eigenvalue weighted by Crippen LogP contribution is -2.49. The number of nitrogens with zero attached hydrogens (tertiary/aromatic N) is 7. The Morgan fingerprint density at radius 1 is 1.07 bits per heavy atom. The molecule has 2 aromatic heterocycles. The van der Waals surface area contributed by atoms with E-state index in [1.807, 2.05) is 50.0 Å². The molecule has 0 N–H and O–H groups in total. The highest BCUT2D eigenvalue weighted by Crippen LogP contribution is 2.27. The maximum atomic E-state index is 12.8. The molecule has 1 aromatic carbocycles. The number of hydrogen-bond donors (Lipinski definition) is 0. The Balaban J connectivity index is 1.51. The molecule has 0 unspecified atom stereocenters. The van der Waals surface area contributed by atoms with E-state index in [-0.39, 0.29) is 5.91 Å². The molecule has 1 aliphatic heterocycles. The van der Waals surface area contributed by atoms with Gasteiger partial charge in [0.05, 0.1) is 11.2 Å². The third kappa shape index (κ3) is 3.26. The van der Waals surface area contributed by atoms with Crippen LogP contribution in [0.2, 0.25) is 0 Å². The number of aromatic nitrogens is 4. The SMILES string of the molecule is Cc1cc(C(=O)N2CCN(c3ccc4ncnc(N(C)C)c4c3)CC2)n(C)n1. The van der Waals surface area contributed by atoms with Crippen LogP contribution in [0.3, 0.4) is 0 Å². The van der Waals surface area contributed by atoms with Gasteiger partial charge in [0, 0.05) is 58.4 Å². The molecular weight excluding hydrogens is 354 g/mol. The van der Waals surface area contributed by atoms with Crippen molar-refractivity contribution in [3.05, 3.63) is 42.0 Å². The van der Waals surface area contributed by atoms with Crippen LogP contribution >= 0.6 is 0 Å². The van der Waals surface area contributed by atoms with Gasteiger partial charge in [0.25, 0.3) is 5.91 Å². The number of benzene rings is 1. The summed E-state index contributed by atoms with van der Waals surface area (Å²) in [4.78, 5) is 27.8. The Hall–Kier alpha value is -3.16. The van der Waals surface area contributed by atoms with Crippen LogP contribution in [0.25, 0.3) is 10.9 Å². The average molecular weight is 379 g/mol. The molecule has 28 heavy (non-hydrogen) atoms. The number of piperazine rings is 1. The van der Waals surface area contributed by atoms with E-state index in [1.165, 1.54) is 0 Å². The molecule has 146 valence electrons. The molecule has 0 saturated carbocycles. The van der Waals surface area contributed by atoms with Crippen LogP contribution in [0, 0.1) is 6.92 Å². The number of aryl methyl sites for hydroxylation is 2. The predicted octanol–water partition coefficient (Wildman–Crippen LogP) is 1.70. The van der Waals surface area contributed by atoms with Crippen molar-refractivity contribution in [3.8, 4) is 0 Å². The van der Waals surface area contributed by atoms with Gasteiger partial charge in [-0.15, -0.1) is 0 Å². The van der Waals surface area contributed by atoms with Gasteiger partial charge in [-0.1, -0.05) is 0 Å². The van der Waals surface area contributed by atoms with Crippen molar-refractivity contribution in [1.82, 2.24) is 24.6 Å². The number of carbonyl (C=O) groups excluding carboxylic acids is 1. The molecule has 8 nitrogen and oxygen atoms in total. The van der Waals surface area contributed by atoms with Crippen molar-refractivity contribution in [1.29, 1.82) is 0 Å². The topological polar surface area (TPSA) is 70.4 Å². The van der Waals surface area contributed by atoms with E-state index < -0.39 is 0 Å². The van der Waals surface area contributed by atoms with Crippen molar-refractivity contribution in [2.75, 3.05) is 50.1 Å². The Labute approximate surface area is 164 Å². The molecule has 8 heteroatoms. The van der Waals surface area contributed by atoms with E-state index in [0.29, 0.717) is 18.8 Å². The highest BCUT2D eigenvalue weighted by atomic mass is 16.2. The highest BCUT2D eigenvalue weighted by molar-refractivity contribution is 5.93. The normalized spacial score (nSPS) is 14.6. The lowest BCUT2D eigenvalue weighted by molar-refractivity contribution is 0.0735. The summed E-state index contributed by atoms with van der Waals surface area (Å²) in [7, 11) is 5.79. The summed E-state index contributed by atoms with van der Waals surface area (Å²) in [6, 6.07) is 8.12. The fourth-order valence-corrected chi connectivity index (χ4v) is 3.72. The summed E-state index contributed by atoms with van der Waals surface area (Å²) in [5, 5.41) is 5.32. The number of amides is 1. The summed E-state index contributed by atoms with van der Waals surface area (Å²) >= 11 is 0. The number of rotatable bonds is 3. The standard InChI is InChI=1S/C20H25N7O/c1-14-11-18(25(4)23-14)20(28)27-9-7-26(8-10-27)15-5-6-17-16(12-15)19(24(2)3)22-13-21-17/h5-6,11-13H,7-10H2,1-4H3. The molecule has 4 rings (SSSR count). The van der Waals surface area contributed by atoms with Crippen molar-refractivity contribution < 1.29 is 4.79 Å². The number of fused-ring (bicyclic) bond motifs is 1. The van der Waals surface area contributed by atoms with Gasteiger partial charge in [0.15, 0.2) is 0 Å². The van der Waals surface area contributed by atoms with Crippen LogP contribution < -0.4 is 9.80 Å². The zero-order chi connectivity index (χ0) is 19.8. The molecule has 0 radical (unpaired) electrons. The molecule has 1 aliphatic rings. The largest absolute Gasteiger partial charge is 0.368 e. The number of carbonyl (C=O) groups is 1. The van der Waals surface area contributed by atoms with Gasteiger partial charge in [0.1, 0.15) is 17.8 Å². The smallest absolute Gasteiger partial charge is 0.272 e. The Bertz CT molecular complexity index is 1020. The molecule has 1 saturated heterocycles. The molecular formula is C20H25N7O. The first kappa shape index (κ1) is 18.2. The van der Waals surface area contributed by atoms with Crippen molar-refractivity contribution in [2.45, 2.75) is 6.92 Å². The predicted molar refractivity (Wildman–Crippen MR) is 110 cm³/mol. The highest BCUT2D eigenvalue weighted by Gasteiger charge is 2.24. The molecule has 1 fully saturated rings. The first-order chi connectivity index (χ1) is 13.4. The van der Waals surface area contributed by atoms with E-state index in [4.69, 9.17) is 0 Å². The van der Waals surface area contributed by atoms with Gasteiger partial charge in [-0.05, 0) is 31.2 Å². The minimum Gasteiger partial charge on any atom is -0.368 e. The van der Waals surface area contributed by atoms with Gasteiger partial charge >= 0.3 is 0 Å². The van der Waals surface area contributed by atoms with Gasteiger partial charge < -0.3 is 14.7 Å². The van der Waals surface area contributed by atoms with Crippen LogP contribution in [-0.2, 0) is 7.05 Å². The monoisotopic (exact) mass is 379 g/mol. The molecule has 0 spiro atoms. The summed E-state index contributed by atoms with van der Waals surface area (Å²) in [5.74, 6) is 0.955. The fourth-order valence-electron chi connectivity index (χ4n) is 3.72. The van der Waals surface area contributed by atoms with Gasteiger partial charge in [0.2, 0.25) is 0 Å². The number of hydrogen-bond acceptors (Lipinski definition) is 6. The minimum absolute atomic E-state index is 0.0459. The maximum Gasteiger partial charge on any atom is 0.272 e. The molecule has 0 aliphatic carbocycles. The maximum absolute atomic E-state index is 12.8. The van der Waals surface area contributed by atoms with Gasteiger partial charge in [-0.2, -0.15) is 5.10 Å². The second kappa shape index (κ2) is 7.10. The Kier molecular flexibility index (Phi) is 4.62. The van der Waals surface area contributed by atoms with Crippen molar-refractivity contribution in [2.24, 2.45) is 7.05 Å². The average Bonchev–Trinajstić information content (AvgIpc) is 3.04. The van der Waals surface area contributed by atoms with E-state index in [2.05, 4.69) is 32.1 Å². The van der Waals surface area contributed by atoms with Crippen LogP contribution in [-0.4, -0.2) is 70.8 Å². The first-order valence-corrected chi connectivity index (χ1v) is 9.41. The van der Waals surface area contributed by atoms with Crippen molar-refractivity contribution in [3.63, 3.8) is 0 Å². The zero-order valence-corrected chi connectivity index (χ0v) is 16.8. The van der Waals surface area contributed by atoms with E-state index in [1.54, 1.807) is 11.0 Å². The number of anilines is 2. The zero-order valence-electron chi connectivity index (χ0n) is 16.8. The molecule has 0 bridgehead atoms. The molecule has 3 aromatic rings. The quantitative estimate of drug-likeness (QED) is 0.690. The van der Waals surface area contributed by atoms with E-state index >= 15 is 0 Å². The van der Waals surface area contributed by atoms with E-state index in [9.17, 15) is 4.79 Å². The summed E-state index contributed by atoms with van der Waals surface area (Å²) in [6.07, 6.45) is 1.60. The summed E-state index contributed by atoms with van der Waals surface area (Å²) in [5.41, 5.74) is 3.57. The van der Waals surface area contributed by atoms with Gasteiger partial charge in [-0.25, -0.2) is 9.97 Å². The first-order valence-electron chi connectivity index (χ1n) is 9.41. The van der Waals surface area contributed by atoms with Crippen LogP contribution in [0.1, 0.15) is 16.2 Å². The summed E-state index contributed by atoms with van der Waals surface area (Å²) < 4.78 is 1.66. The van der Waals surface area contributed by atoms with Crippen LogP contribution in [0.5, 0.6) is 0 Å².